The van der Waals surface area contributed by atoms with Crippen LogP contribution in [0.5, 0.6) is 0 Å². The molecule has 1 aromatic heterocycles. The lowest BCUT2D eigenvalue weighted by Gasteiger charge is -2.44. The highest BCUT2D eigenvalue weighted by Crippen LogP contribution is 2.51. The Morgan fingerprint density at radius 1 is 1.29 bits per heavy atom. The van der Waals surface area contributed by atoms with Crippen molar-refractivity contribution in [1.82, 2.24) is 9.55 Å². The van der Waals surface area contributed by atoms with Gasteiger partial charge in [0.15, 0.2) is 5.78 Å². The van der Waals surface area contributed by atoms with Gasteiger partial charge in [0, 0.05) is 41.8 Å². The van der Waals surface area contributed by atoms with Crippen LogP contribution in [0.4, 0.5) is 4.39 Å². The molecule has 3 aliphatic rings. The highest BCUT2D eigenvalue weighted by molar-refractivity contribution is 6.00. The Hall–Kier alpha value is -2.78. The average Bonchev–Trinajstić information content (AvgIpc) is 3.18. The summed E-state index contributed by atoms with van der Waals surface area (Å²) in [5.74, 6) is 0.745. The van der Waals surface area contributed by atoms with Gasteiger partial charge >= 0.3 is 0 Å². The molecule has 2 aromatic rings. The van der Waals surface area contributed by atoms with E-state index >= 15 is 0 Å². The fourth-order valence-electron chi connectivity index (χ4n) is 5.84. The number of ether oxygens (including phenoxy) is 1. The molecule has 5 nitrogen and oxygen atoms in total. The predicted molar refractivity (Wildman–Crippen MR) is 114 cm³/mol. The van der Waals surface area contributed by atoms with Gasteiger partial charge in [-0.1, -0.05) is 26.0 Å². The van der Waals surface area contributed by atoms with Gasteiger partial charge in [-0.15, -0.1) is 0 Å². The lowest BCUT2D eigenvalue weighted by molar-refractivity contribution is -0.121. The number of ketones is 1. The highest BCUT2D eigenvalue weighted by Gasteiger charge is 2.50. The Bertz CT molecular complexity index is 1120. The fraction of sp³-hybridized carbons (Fsp3) is 0.480. The summed E-state index contributed by atoms with van der Waals surface area (Å²) in [7, 11) is 0. The van der Waals surface area contributed by atoms with Gasteiger partial charge in [0.2, 0.25) is 5.70 Å². The van der Waals surface area contributed by atoms with Gasteiger partial charge in [0.05, 0.1) is 12.3 Å². The summed E-state index contributed by atoms with van der Waals surface area (Å²) in [6.07, 6.45) is 5.22. The van der Waals surface area contributed by atoms with Crippen LogP contribution in [0.3, 0.4) is 0 Å². The number of Topliss-reactive ketones (excluding diaryl/α,β-unsaturated/α-hetero) is 1. The van der Waals surface area contributed by atoms with E-state index in [-0.39, 0.29) is 35.1 Å². The zero-order valence-corrected chi connectivity index (χ0v) is 17.9. The van der Waals surface area contributed by atoms with Crippen LogP contribution in [-0.2, 0) is 21.4 Å². The number of benzene rings is 1. The van der Waals surface area contributed by atoms with E-state index in [0.717, 1.165) is 48.6 Å². The molecule has 0 amide bonds. The van der Waals surface area contributed by atoms with Crippen molar-refractivity contribution in [1.29, 1.82) is 0 Å². The third-order valence-corrected chi connectivity index (χ3v) is 7.45. The minimum absolute atomic E-state index is 0.0601. The second-order valence-corrected chi connectivity index (χ2v) is 9.19. The normalized spacial score (nSPS) is 28.5. The van der Waals surface area contributed by atoms with Crippen molar-refractivity contribution in [2.75, 3.05) is 13.2 Å². The largest absolute Gasteiger partial charge is 0.381 e. The van der Waals surface area contributed by atoms with Crippen molar-refractivity contribution in [3.63, 3.8) is 0 Å². The van der Waals surface area contributed by atoms with Crippen LogP contribution in [0.2, 0.25) is 0 Å². The van der Waals surface area contributed by atoms with Crippen molar-refractivity contribution < 1.29 is 13.9 Å². The monoisotopic (exact) mass is 419 g/mol. The quantitative estimate of drug-likeness (QED) is 0.660. The third kappa shape index (κ3) is 3.06. The average molecular weight is 420 g/mol. The Kier molecular flexibility index (Phi) is 4.82. The number of halogens is 1. The first kappa shape index (κ1) is 20.1. The number of allylic oxidation sites excluding steroid dienone is 2. The summed E-state index contributed by atoms with van der Waals surface area (Å²) in [5.41, 5.74) is 2.53. The van der Waals surface area contributed by atoms with E-state index in [1.165, 1.54) is 6.07 Å². The molecular weight excluding hydrogens is 393 g/mol. The number of carbonyl (C=O) groups excluding carboxylic acids is 1. The van der Waals surface area contributed by atoms with Crippen LogP contribution in [0.15, 0.2) is 36.0 Å². The van der Waals surface area contributed by atoms with Crippen LogP contribution >= 0.6 is 0 Å². The first-order chi connectivity index (χ1) is 14.9. The molecule has 1 aliphatic heterocycles. The van der Waals surface area contributed by atoms with Crippen molar-refractivity contribution >= 4 is 5.78 Å². The maximum Gasteiger partial charge on any atom is 0.226 e. The summed E-state index contributed by atoms with van der Waals surface area (Å²) in [6, 6.07) is 6.68. The Labute approximate surface area is 181 Å². The molecule has 1 aromatic carbocycles. The van der Waals surface area contributed by atoms with Crippen molar-refractivity contribution in [3.8, 4) is 5.69 Å². The maximum atomic E-state index is 14.2. The van der Waals surface area contributed by atoms with Gasteiger partial charge in [0.25, 0.3) is 0 Å². The topological polar surface area (TPSA) is 48.5 Å². The molecule has 3 atom stereocenters. The van der Waals surface area contributed by atoms with Crippen LogP contribution in [0.1, 0.15) is 56.2 Å². The third-order valence-electron chi connectivity index (χ3n) is 7.45. The van der Waals surface area contributed by atoms with E-state index in [1.54, 1.807) is 12.1 Å². The van der Waals surface area contributed by atoms with Crippen LogP contribution in [0.25, 0.3) is 10.5 Å². The van der Waals surface area contributed by atoms with Gasteiger partial charge in [-0.05, 0) is 49.8 Å². The second-order valence-electron chi connectivity index (χ2n) is 9.19. The Morgan fingerprint density at radius 2 is 2.06 bits per heavy atom. The molecule has 2 aliphatic carbocycles. The molecule has 160 valence electrons. The second kappa shape index (κ2) is 7.42. The Balaban J connectivity index is 1.74. The number of hydrogen-bond acceptors (Lipinski definition) is 3. The number of carbonyl (C=O) groups is 1. The number of nitrogens with zero attached hydrogens (tertiary/aromatic N) is 3. The minimum atomic E-state index is -0.487. The maximum absolute atomic E-state index is 14.2. The van der Waals surface area contributed by atoms with Crippen LogP contribution < -0.4 is 0 Å². The highest BCUT2D eigenvalue weighted by atomic mass is 19.1. The van der Waals surface area contributed by atoms with E-state index in [9.17, 15) is 9.18 Å². The molecule has 0 N–H and O–H groups in total. The minimum Gasteiger partial charge on any atom is -0.381 e. The first-order valence-corrected chi connectivity index (χ1v) is 11.0. The van der Waals surface area contributed by atoms with Gasteiger partial charge in [0.1, 0.15) is 11.6 Å². The summed E-state index contributed by atoms with van der Waals surface area (Å²) in [6.45, 7) is 13.0. The molecule has 31 heavy (non-hydrogen) atoms. The molecule has 0 radical (unpaired) electrons. The number of fused-ring (bicyclic) bond motifs is 3. The number of aromatic nitrogens is 2. The summed E-state index contributed by atoms with van der Waals surface area (Å²) in [5, 5.41) is 0. The summed E-state index contributed by atoms with van der Waals surface area (Å²) in [4.78, 5) is 21.4. The van der Waals surface area contributed by atoms with Gasteiger partial charge in [-0.3, -0.25) is 0 Å². The van der Waals surface area contributed by atoms with Crippen molar-refractivity contribution in [2.24, 2.45) is 11.8 Å². The number of imidazole rings is 1. The smallest absolute Gasteiger partial charge is 0.226 e. The number of rotatable bonds is 2. The predicted octanol–water partition coefficient (Wildman–Crippen LogP) is 4.75. The zero-order chi connectivity index (χ0) is 21.8. The molecule has 2 heterocycles. The van der Waals surface area contributed by atoms with Gasteiger partial charge < -0.3 is 14.1 Å². The van der Waals surface area contributed by atoms with Gasteiger partial charge in [-0.2, -0.15) is 0 Å². The van der Waals surface area contributed by atoms with Crippen LogP contribution in [-0.4, -0.2) is 28.5 Å². The summed E-state index contributed by atoms with van der Waals surface area (Å²) >= 11 is 0. The molecule has 6 heteroatoms. The van der Waals surface area contributed by atoms with Crippen molar-refractivity contribution in [2.45, 2.75) is 50.9 Å². The summed E-state index contributed by atoms with van der Waals surface area (Å²) < 4.78 is 21.9. The molecular formula is C25H26FN3O2. The molecule has 5 rings (SSSR count). The van der Waals surface area contributed by atoms with E-state index in [2.05, 4.69) is 16.3 Å². The number of hydrogen-bond donors (Lipinski definition) is 0. The molecule has 0 saturated carbocycles. The Morgan fingerprint density at radius 3 is 2.77 bits per heavy atom. The zero-order valence-electron chi connectivity index (χ0n) is 17.9. The van der Waals surface area contributed by atoms with E-state index < -0.39 is 5.41 Å². The van der Waals surface area contributed by atoms with Gasteiger partial charge in [-0.25, -0.2) is 14.2 Å². The SMILES string of the molecule is [C-]#[N+]C1=C[C@@]2(C)c3nc(C4CCOCC4)n(-c4cccc(F)c4)c3CC[C@@H]2[C@@H](C)C1=O. The van der Waals surface area contributed by atoms with Crippen molar-refractivity contribution in [3.05, 3.63) is 70.5 Å². The standard InChI is InChI=1S/C25H26FN3O2/c1-15-19-7-8-21-23(25(19,2)14-20(27-3)22(15)30)28-24(16-9-11-31-12-10-16)29(21)18-6-4-5-17(26)13-18/h4-6,13-16,19H,7-12H2,1-2H3/t15-,19-,25-/m1/s1. The van der Waals surface area contributed by atoms with E-state index in [4.69, 9.17) is 16.3 Å². The molecule has 0 unspecified atom stereocenters. The molecule has 1 saturated heterocycles. The first-order valence-electron chi connectivity index (χ1n) is 11.0. The van der Waals surface area contributed by atoms with E-state index in [1.807, 2.05) is 19.1 Å². The lowest BCUT2D eigenvalue weighted by atomic mass is 9.59. The van der Waals surface area contributed by atoms with Crippen LogP contribution in [0, 0.1) is 24.2 Å². The fourth-order valence-corrected chi connectivity index (χ4v) is 5.84. The lowest BCUT2D eigenvalue weighted by Crippen LogP contribution is -2.45. The molecule has 0 bridgehead atoms. The molecule has 0 spiro atoms. The van der Waals surface area contributed by atoms with E-state index in [0.29, 0.717) is 13.2 Å². The molecule has 1 fully saturated rings.